The van der Waals surface area contributed by atoms with Crippen molar-refractivity contribution >= 4 is 29.1 Å². The highest BCUT2D eigenvalue weighted by molar-refractivity contribution is 7.11. The number of benzene rings is 1. The van der Waals surface area contributed by atoms with E-state index < -0.39 is 23.4 Å². The number of carbonyl (C=O) groups is 2. The minimum atomic E-state index is -1.42. The molecule has 4 rings (SSSR count). The lowest BCUT2D eigenvalue weighted by Gasteiger charge is -2.34. The van der Waals surface area contributed by atoms with Crippen LogP contribution in [0.1, 0.15) is 38.6 Å². The summed E-state index contributed by atoms with van der Waals surface area (Å²) in [5.41, 5.74) is 1.26. The number of nitrogens with one attached hydrogen (secondary N) is 1. The van der Waals surface area contributed by atoms with Crippen LogP contribution in [-0.4, -0.2) is 78.3 Å². The number of carbonyl (C=O) groups excluding carboxylic acids is 1. The van der Waals surface area contributed by atoms with Crippen LogP contribution in [0.2, 0.25) is 0 Å². The molecule has 2 aromatic rings. The fourth-order valence-corrected chi connectivity index (χ4v) is 4.20. The fraction of sp³-hybridized carbons (Fsp3) is 0.462. The van der Waals surface area contributed by atoms with Crippen molar-refractivity contribution in [3.8, 4) is 0 Å². The van der Waals surface area contributed by atoms with Gasteiger partial charge in [0.1, 0.15) is 0 Å². The third kappa shape index (κ3) is 10.1. The van der Waals surface area contributed by atoms with E-state index in [-0.39, 0.29) is 25.0 Å². The highest BCUT2D eigenvalue weighted by Crippen LogP contribution is 2.18. The molecule has 214 valence electrons. The lowest BCUT2D eigenvalue weighted by atomic mass is 10.1. The Bertz CT molecular complexity index is 1120. The Labute approximate surface area is 229 Å². The van der Waals surface area contributed by atoms with Crippen LogP contribution in [0.3, 0.4) is 0 Å². The SMILES string of the molecule is CC.CCOC(=O)C1=C(CN2CCOC(CCC(=O)O)C2)NC(c2nccs2)=NC1.Fc1cccc(F)c1F. The van der Waals surface area contributed by atoms with Crippen molar-refractivity contribution in [3.63, 3.8) is 0 Å². The summed E-state index contributed by atoms with van der Waals surface area (Å²) in [6.07, 6.45) is 2.12. The molecule has 2 aliphatic rings. The van der Waals surface area contributed by atoms with Gasteiger partial charge >= 0.3 is 11.9 Å². The molecule has 1 saturated heterocycles. The molecule has 2 N–H and O–H groups in total. The molecule has 0 spiro atoms. The molecule has 1 aromatic heterocycles. The molecule has 0 aliphatic carbocycles. The third-order valence-corrected chi connectivity index (χ3v) is 6.15. The van der Waals surface area contributed by atoms with E-state index in [1.807, 2.05) is 19.2 Å². The molecule has 0 saturated carbocycles. The molecular formula is C26H33F3N4O5S. The molecule has 0 radical (unpaired) electrons. The predicted octanol–water partition coefficient (Wildman–Crippen LogP) is 4.01. The van der Waals surface area contributed by atoms with E-state index in [4.69, 9.17) is 14.6 Å². The molecular weight excluding hydrogens is 537 g/mol. The lowest BCUT2D eigenvalue weighted by Crippen LogP contribution is -2.46. The maximum Gasteiger partial charge on any atom is 0.337 e. The van der Waals surface area contributed by atoms with Gasteiger partial charge < -0.3 is 19.9 Å². The van der Waals surface area contributed by atoms with Crippen LogP contribution in [0.15, 0.2) is 46.0 Å². The number of esters is 1. The van der Waals surface area contributed by atoms with E-state index in [0.29, 0.717) is 50.7 Å². The predicted molar refractivity (Wildman–Crippen MR) is 141 cm³/mol. The van der Waals surface area contributed by atoms with Gasteiger partial charge in [-0.2, -0.15) is 0 Å². The van der Waals surface area contributed by atoms with Gasteiger partial charge in [-0.25, -0.2) is 22.9 Å². The molecule has 3 heterocycles. The zero-order valence-electron chi connectivity index (χ0n) is 22.1. The van der Waals surface area contributed by atoms with Crippen LogP contribution in [0.5, 0.6) is 0 Å². The van der Waals surface area contributed by atoms with Gasteiger partial charge in [0.15, 0.2) is 28.3 Å². The first kappa shape index (κ1) is 31.9. The number of morpholine rings is 1. The first-order valence-corrected chi connectivity index (χ1v) is 13.4. The number of carboxylic acids is 1. The number of aliphatic carboxylic acids is 1. The molecule has 13 heteroatoms. The second-order valence-corrected chi connectivity index (χ2v) is 8.90. The average molecular weight is 571 g/mol. The summed E-state index contributed by atoms with van der Waals surface area (Å²) >= 11 is 1.47. The van der Waals surface area contributed by atoms with Gasteiger partial charge in [-0.15, -0.1) is 11.3 Å². The number of hydrogen-bond acceptors (Lipinski definition) is 9. The molecule has 39 heavy (non-hydrogen) atoms. The Morgan fingerprint density at radius 3 is 2.56 bits per heavy atom. The van der Waals surface area contributed by atoms with Gasteiger partial charge in [-0.3, -0.25) is 14.7 Å². The molecule has 0 amide bonds. The average Bonchev–Trinajstić information content (AvgIpc) is 3.48. The van der Waals surface area contributed by atoms with Crippen LogP contribution >= 0.6 is 11.3 Å². The van der Waals surface area contributed by atoms with Crippen LogP contribution < -0.4 is 5.32 Å². The van der Waals surface area contributed by atoms with Crippen molar-refractivity contribution in [2.75, 3.05) is 39.4 Å². The van der Waals surface area contributed by atoms with Crippen molar-refractivity contribution in [2.24, 2.45) is 4.99 Å². The van der Waals surface area contributed by atoms with E-state index in [2.05, 4.69) is 20.2 Å². The first-order valence-electron chi connectivity index (χ1n) is 12.5. The first-order chi connectivity index (χ1) is 18.8. The Morgan fingerprint density at radius 1 is 1.26 bits per heavy atom. The summed E-state index contributed by atoms with van der Waals surface area (Å²) < 4.78 is 46.8. The summed E-state index contributed by atoms with van der Waals surface area (Å²) in [4.78, 5) is 34.1. The standard InChI is InChI=1S/C18H24N4O5S.C6H3F3.C2H6/c1-2-26-18(25)13-9-20-16(17-19-5-8-28-17)21-14(13)11-22-6-7-27-12(10-22)3-4-15(23)24;7-4-2-1-3-5(8)6(4)9;1-2/h5,8,12H,2-4,6-7,9-11H2,1H3,(H,20,21)(H,23,24);1-3H;1-2H3. The van der Waals surface area contributed by atoms with Crippen LogP contribution in [0.4, 0.5) is 13.2 Å². The molecule has 0 bridgehead atoms. The number of halogens is 3. The normalized spacial score (nSPS) is 17.1. The molecule has 1 atom stereocenters. The Morgan fingerprint density at radius 2 is 1.97 bits per heavy atom. The number of aliphatic imine (C=N–C) groups is 1. The number of aromatic nitrogens is 1. The van der Waals surface area contributed by atoms with E-state index in [0.717, 1.165) is 28.9 Å². The summed E-state index contributed by atoms with van der Waals surface area (Å²) in [6, 6.07) is 2.82. The topological polar surface area (TPSA) is 113 Å². The minimum Gasteiger partial charge on any atom is -0.481 e. The number of thiazole rings is 1. The molecule has 9 nitrogen and oxygen atoms in total. The van der Waals surface area contributed by atoms with Crippen molar-refractivity contribution in [3.05, 3.63) is 63.5 Å². The van der Waals surface area contributed by atoms with Crippen LogP contribution in [-0.2, 0) is 19.1 Å². The second-order valence-electron chi connectivity index (χ2n) is 8.00. The number of ether oxygens (including phenoxy) is 2. The zero-order valence-corrected chi connectivity index (χ0v) is 22.9. The number of amidine groups is 1. The summed E-state index contributed by atoms with van der Waals surface area (Å²) in [7, 11) is 0. The van der Waals surface area contributed by atoms with Gasteiger partial charge in [0, 0.05) is 43.3 Å². The van der Waals surface area contributed by atoms with Gasteiger partial charge in [0.05, 0.1) is 31.4 Å². The molecule has 1 aromatic carbocycles. The summed E-state index contributed by atoms with van der Waals surface area (Å²) in [5.74, 6) is -4.29. The summed E-state index contributed by atoms with van der Waals surface area (Å²) in [5, 5.41) is 14.8. The molecule has 1 fully saturated rings. The highest BCUT2D eigenvalue weighted by atomic mass is 32.1. The number of nitrogens with zero attached hydrogens (tertiary/aromatic N) is 3. The fourth-order valence-electron chi connectivity index (χ4n) is 3.60. The minimum absolute atomic E-state index is 0.0778. The number of rotatable bonds is 8. The maximum absolute atomic E-state index is 12.4. The van der Waals surface area contributed by atoms with Crippen LogP contribution in [0, 0.1) is 17.5 Å². The van der Waals surface area contributed by atoms with Gasteiger partial charge in [-0.05, 0) is 25.5 Å². The molecule has 2 aliphatic heterocycles. The van der Waals surface area contributed by atoms with Gasteiger partial charge in [0.2, 0.25) is 0 Å². The van der Waals surface area contributed by atoms with Gasteiger partial charge in [0.25, 0.3) is 0 Å². The third-order valence-electron chi connectivity index (χ3n) is 5.37. The lowest BCUT2D eigenvalue weighted by molar-refractivity contribution is -0.139. The van der Waals surface area contributed by atoms with Crippen molar-refractivity contribution in [1.82, 2.24) is 15.2 Å². The Hall–Kier alpha value is -3.29. The molecule has 1 unspecified atom stereocenters. The quantitative estimate of drug-likeness (QED) is 0.362. The number of hydrogen-bond donors (Lipinski definition) is 2. The van der Waals surface area contributed by atoms with Crippen molar-refractivity contribution in [1.29, 1.82) is 0 Å². The van der Waals surface area contributed by atoms with Crippen LogP contribution in [0.25, 0.3) is 0 Å². The smallest absolute Gasteiger partial charge is 0.337 e. The monoisotopic (exact) mass is 570 g/mol. The highest BCUT2D eigenvalue weighted by Gasteiger charge is 2.27. The maximum atomic E-state index is 12.4. The van der Waals surface area contributed by atoms with Crippen molar-refractivity contribution < 1.29 is 37.3 Å². The van der Waals surface area contributed by atoms with Gasteiger partial charge in [-0.1, -0.05) is 19.9 Å². The zero-order chi connectivity index (χ0) is 28.8. The van der Waals surface area contributed by atoms with E-state index in [9.17, 15) is 22.8 Å². The number of carboxylic acid groups (broad SMARTS) is 1. The van der Waals surface area contributed by atoms with E-state index in [1.54, 1.807) is 13.1 Å². The Balaban J connectivity index is 0.000000407. The summed E-state index contributed by atoms with van der Waals surface area (Å²) in [6.45, 7) is 8.65. The Kier molecular flexibility index (Phi) is 13.6. The second kappa shape index (κ2) is 16.6. The van der Waals surface area contributed by atoms with E-state index in [1.165, 1.54) is 11.3 Å². The van der Waals surface area contributed by atoms with Crippen molar-refractivity contribution in [2.45, 2.75) is 39.7 Å². The largest absolute Gasteiger partial charge is 0.481 e. The van der Waals surface area contributed by atoms with E-state index >= 15 is 0 Å².